The molecular formula is C18H15N3O5S. The number of hydrogen-bond donors (Lipinski definition) is 0. The molecule has 0 aliphatic carbocycles. The lowest BCUT2D eigenvalue weighted by Crippen LogP contribution is -2.22. The molecule has 0 unspecified atom stereocenters. The number of thiazole rings is 1. The first-order chi connectivity index (χ1) is 12.9. The summed E-state index contributed by atoms with van der Waals surface area (Å²) in [5.74, 6) is -1.10. The van der Waals surface area contributed by atoms with Crippen LogP contribution in [0.25, 0.3) is 10.2 Å². The Morgan fingerprint density at radius 3 is 2.70 bits per heavy atom. The second-order valence-corrected chi connectivity index (χ2v) is 6.70. The lowest BCUT2D eigenvalue weighted by molar-refractivity contribution is -0.385. The third-order valence-electron chi connectivity index (χ3n) is 3.95. The van der Waals surface area contributed by atoms with E-state index in [2.05, 4.69) is 4.99 Å². The number of para-hydroxylation sites is 1. The molecule has 3 aromatic rings. The zero-order valence-corrected chi connectivity index (χ0v) is 15.4. The minimum atomic E-state index is -0.622. The molecule has 0 atom stereocenters. The van der Waals surface area contributed by atoms with E-state index < -0.39 is 16.8 Å². The highest BCUT2D eigenvalue weighted by atomic mass is 32.1. The fraction of sp³-hybridized carbons (Fsp3) is 0.167. The van der Waals surface area contributed by atoms with Gasteiger partial charge in [-0.05, 0) is 25.1 Å². The van der Waals surface area contributed by atoms with Crippen molar-refractivity contribution in [3.8, 4) is 0 Å². The summed E-state index contributed by atoms with van der Waals surface area (Å²) in [6, 6.07) is 11.5. The van der Waals surface area contributed by atoms with Gasteiger partial charge in [0.15, 0.2) is 4.80 Å². The van der Waals surface area contributed by atoms with Crippen molar-refractivity contribution in [3.63, 3.8) is 0 Å². The Labute approximate surface area is 157 Å². The van der Waals surface area contributed by atoms with Gasteiger partial charge in [-0.2, -0.15) is 4.99 Å². The molecule has 1 aromatic heterocycles. The Kier molecular flexibility index (Phi) is 5.13. The number of hydrogen-bond acceptors (Lipinski definition) is 6. The fourth-order valence-corrected chi connectivity index (χ4v) is 3.57. The number of nitro benzene ring substituents is 1. The van der Waals surface area contributed by atoms with Gasteiger partial charge < -0.3 is 9.30 Å². The molecule has 9 heteroatoms. The molecule has 27 heavy (non-hydrogen) atoms. The standard InChI is InChI=1S/C18H15N3O5S/c1-11-7-8-12(9-14(11)21(24)25)17(23)19-18-20(10-16(22)26-2)13-5-3-4-6-15(13)27-18/h3-9H,10H2,1-2H3. The Balaban J connectivity index is 2.11. The number of amides is 1. The van der Waals surface area contributed by atoms with Crippen LogP contribution in [0.3, 0.4) is 0 Å². The van der Waals surface area contributed by atoms with Crippen molar-refractivity contribution in [1.82, 2.24) is 4.57 Å². The molecule has 0 radical (unpaired) electrons. The molecule has 0 bridgehead atoms. The van der Waals surface area contributed by atoms with E-state index in [1.165, 1.54) is 36.6 Å². The Morgan fingerprint density at radius 2 is 2.00 bits per heavy atom. The third-order valence-corrected chi connectivity index (χ3v) is 5.01. The third kappa shape index (κ3) is 3.77. The SMILES string of the molecule is COC(=O)Cn1c(=NC(=O)c2ccc(C)c([N+](=O)[O-])c2)sc2ccccc21. The second kappa shape index (κ2) is 7.50. The summed E-state index contributed by atoms with van der Waals surface area (Å²) in [5.41, 5.74) is 1.16. The number of aromatic nitrogens is 1. The lowest BCUT2D eigenvalue weighted by atomic mass is 10.1. The number of carbonyl (C=O) groups is 2. The van der Waals surface area contributed by atoms with Crippen molar-refractivity contribution < 1.29 is 19.2 Å². The van der Waals surface area contributed by atoms with Gasteiger partial charge in [0.25, 0.3) is 11.6 Å². The zero-order valence-electron chi connectivity index (χ0n) is 14.5. The van der Waals surface area contributed by atoms with Crippen LogP contribution < -0.4 is 4.80 Å². The minimum absolute atomic E-state index is 0.0966. The van der Waals surface area contributed by atoms with Gasteiger partial charge in [0.2, 0.25) is 0 Å². The van der Waals surface area contributed by atoms with Crippen molar-refractivity contribution in [1.29, 1.82) is 0 Å². The minimum Gasteiger partial charge on any atom is -0.468 e. The maximum absolute atomic E-state index is 12.6. The second-order valence-electron chi connectivity index (χ2n) is 5.69. The van der Waals surface area contributed by atoms with Gasteiger partial charge in [0.1, 0.15) is 6.54 Å². The maximum Gasteiger partial charge on any atom is 0.325 e. The van der Waals surface area contributed by atoms with Crippen LogP contribution in [0.4, 0.5) is 5.69 Å². The number of aryl methyl sites for hydroxylation is 1. The molecule has 0 fully saturated rings. The van der Waals surface area contributed by atoms with Crippen LogP contribution in [0.2, 0.25) is 0 Å². The smallest absolute Gasteiger partial charge is 0.325 e. The number of nitro groups is 1. The molecule has 3 rings (SSSR count). The van der Waals surface area contributed by atoms with Crippen molar-refractivity contribution in [2.75, 3.05) is 7.11 Å². The Hall–Kier alpha value is -3.33. The van der Waals surface area contributed by atoms with Crippen LogP contribution in [-0.4, -0.2) is 28.5 Å². The highest BCUT2D eigenvalue weighted by Gasteiger charge is 2.16. The molecule has 8 nitrogen and oxygen atoms in total. The van der Waals surface area contributed by atoms with Crippen molar-refractivity contribution in [3.05, 3.63) is 68.5 Å². The molecule has 0 spiro atoms. The van der Waals surface area contributed by atoms with Gasteiger partial charge in [-0.25, -0.2) is 0 Å². The number of ether oxygens (including phenoxy) is 1. The average molecular weight is 385 g/mol. The van der Waals surface area contributed by atoms with E-state index in [9.17, 15) is 19.7 Å². The molecule has 2 aromatic carbocycles. The van der Waals surface area contributed by atoms with Crippen molar-refractivity contribution >= 4 is 39.1 Å². The van der Waals surface area contributed by atoms with Crippen molar-refractivity contribution in [2.24, 2.45) is 4.99 Å². The number of fused-ring (bicyclic) bond motifs is 1. The van der Waals surface area contributed by atoms with Gasteiger partial charge in [-0.15, -0.1) is 0 Å². The summed E-state index contributed by atoms with van der Waals surface area (Å²) in [6.07, 6.45) is 0. The predicted molar refractivity (Wildman–Crippen MR) is 99.6 cm³/mol. The van der Waals surface area contributed by atoms with Gasteiger partial charge >= 0.3 is 5.97 Å². The first kappa shape index (κ1) is 18.5. The van der Waals surface area contributed by atoms with E-state index in [1.807, 2.05) is 24.3 Å². The molecule has 0 aliphatic heterocycles. The number of methoxy groups -OCH3 is 1. The van der Waals surface area contributed by atoms with E-state index in [4.69, 9.17) is 4.74 Å². The molecular weight excluding hydrogens is 370 g/mol. The monoisotopic (exact) mass is 385 g/mol. The maximum atomic E-state index is 12.6. The van der Waals surface area contributed by atoms with Crippen LogP contribution >= 0.6 is 11.3 Å². The van der Waals surface area contributed by atoms with Gasteiger partial charge in [-0.3, -0.25) is 19.7 Å². The van der Waals surface area contributed by atoms with E-state index >= 15 is 0 Å². The van der Waals surface area contributed by atoms with Gasteiger partial charge in [0.05, 0.1) is 22.2 Å². The predicted octanol–water partition coefficient (Wildman–Crippen LogP) is 2.83. The summed E-state index contributed by atoms with van der Waals surface area (Å²) in [7, 11) is 1.28. The van der Waals surface area contributed by atoms with E-state index in [-0.39, 0.29) is 17.8 Å². The highest BCUT2D eigenvalue weighted by molar-refractivity contribution is 7.16. The number of nitrogens with zero attached hydrogens (tertiary/aromatic N) is 3. The molecule has 0 aliphatic rings. The van der Waals surface area contributed by atoms with Gasteiger partial charge in [-0.1, -0.05) is 29.5 Å². The normalized spacial score (nSPS) is 11.6. The number of rotatable bonds is 4. The summed E-state index contributed by atoms with van der Waals surface area (Å²) < 4.78 is 7.16. The number of carbonyl (C=O) groups excluding carboxylic acids is 2. The quantitative estimate of drug-likeness (QED) is 0.390. The Bertz CT molecular complexity index is 1130. The fourth-order valence-electron chi connectivity index (χ4n) is 2.54. The largest absolute Gasteiger partial charge is 0.468 e. The number of benzene rings is 2. The van der Waals surface area contributed by atoms with E-state index in [0.29, 0.717) is 10.4 Å². The molecule has 1 heterocycles. The molecule has 138 valence electrons. The van der Waals surface area contributed by atoms with Gasteiger partial charge in [0, 0.05) is 17.2 Å². The van der Waals surface area contributed by atoms with Crippen LogP contribution in [0.5, 0.6) is 0 Å². The molecule has 1 amide bonds. The molecule has 0 saturated heterocycles. The number of esters is 1. The van der Waals surface area contributed by atoms with Crippen molar-refractivity contribution in [2.45, 2.75) is 13.5 Å². The zero-order chi connectivity index (χ0) is 19.6. The lowest BCUT2D eigenvalue weighted by Gasteiger charge is -2.03. The highest BCUT2D eigenvalue weighted by Crippen LogP contribution is 2.20. The van der Waals surface area contributed by atoms with E-state index in [1.54, 1.807) is 11.5 Å². The first-order valence-corrected chi connectivity index (χ1v) is 8.71. The first-order valence-electron chi connectivity index (χ1n) is 7.90. The molecule has 0 saturated carbocycles. The Morgan fingerprint density at radius 1 is 1.26 bits per heavy atom. The summed E-state index contributed by atoms with van der Waals surface area (Å²) in [5, 5.41) is 11.1. The average Bonchev–Trinajstić information content (AvgIpc) is 2.98. The molecule has 0 N–H and O–H groups in total. The summed E-state index contributed by atoms with van der Waals surface area (Å²) in [6.45, 7) is 1.50. The summed E-state index contributed by atoms with van der Waals surface area (Å²) in [4.78, 5) is 39.3. The van der Waals surface area contributed by atoms with Crippen LogP contribution in [0, 0.1) is 17.0 Å². The summed E-state index contributed by atoms with van der Waals surface area (Å²) >= 11 is 1.25. The van der Waals surface area contributed by atoms with Crippen LogP contribution in [0.15, 0.2) is 47.5 Å². The topological polar surface area (TPSA) is 104 Å². The van der Waals surface area contributed by atoms with E-state index in [0.717, 1.165) is 10.2 Å². The van der Waals surface area contributed by atoms with Crippen LogP contribution in [-0.2, 0) is 16.1 Å². The van der Waals surface area contributed by atoms with Crippen LogP contribution in [0.1, 0.15) is 15.9 Å².